The van der Waals surface area contributed by atoms with Crippen molar-refractivity contribution in [1.82, 2.24) is 9.97 Å². The number of hydrogen-bond donors (Lipinski definition) is 1. The van der Waals surface area contributed by atoms with E-state index in [1.54, 1.807) is 0 Å². The van der Waals surface area contributed by atoms with Gasteiger partial charge in [-0.25, -0.2) is 9.97 Å². The SMILES string of the molecule is CC1C=c2ncnc(N)c2=NC1. The van der Waals surface area contributed by atoms with Gasteiger partial charge in [-0.05, 0) is 5.92 Å². The molecule has 0 bridgehead atoms. The maximum absolute atomic E-state index is 5.62. The van der Waals surface area contributed by atoms with Gasteiger partial charge in [-0.2, -0.15) is 0 Å². The quantitative estimate of drug-likeness (QED) is 0.538. The Bertz CT molecular complexity index is 410. The molecule has 4 nitrogen and oxygen atoms in total. The molecule has 1 aromatic heterocycles. The highest BCUT2D eigenvalue weighted by Gasteiger charge is 2.04. The van der Waals surface area contributed by atoms with Gasteiger partial charge in [-0.15, -0.1) is 0 Å². The Morgan fingerprint density at radius 2 is 2.33 bits per heavy atom. The molecule has 2 N–H and O–H groups in total. The van der Waals surface area contributed by atoms with Crippen molar-refractivity contribution < 1.29 is 0 Å². The Kier molecular flexibility index (Phi) is 1.53. The molecule has 2 rings (SSSR count). The highest BCUT2D eigenvalue weighted by Crippen LogP contribution is 1.98. The summed E-state index contributed by atoms with van der Waals surface area (Å²) in [6, 6.07) is 0. The van der Waals surface area contributed by atoms with E-state index in [0.29, 0.717) is 11.7 Å². The number of fused-ring (bicyclic) bond motifs is 1. The van der Waals surface area contributed by atoms with Gasteiger partial charge in [0.1, 0.15) is 11.7 Å². The third kappa shape index (κ3) is 1.05. The van der Waals surface area contributed by atoms with Gasteiger partial charge in [0.05, 0.1) is 5.35 Å². The minimum Gasteiger partial charge on any atom is -0.382 e. The summed E-state index contributed by atoms with van der Waals surface area (Å²) in [4.78, 5) is 12.3. The fourth-order valence-electron chi connectivity index (χ4n) is 1.25. The molecule has 2 heterocycles. The van der Waals surface area contributed by atoms with Crippen LogP contribution in [-0.2, 0) is 0 Å². The number of rotatable bonds is 0. The number of nitrogens with two attached hydrogens (primary N) is 1. The van der Waals surface area contributed by atoms with Crippen LogP contribution in [0, 0.1) is 5.92 Å². The van der Waals surface area contributed by atoms with E-state index in [9.17, 15) is 0 Å². The van der Waals surface area contributed by atoms with Crippen LogP contribution in [0.15, 0.2) is 11.3 Å². The zero-order valence-corrected chi connectivity index (χ0v) is 6.86. The van der Waals surface area contributed by atoms with Gasteiger partial charge in [0.15, 0.2) is 5.82 Å². The second kappa shape index (κ2) is 2.55. The van der Waals surface area contributed by atoms with E-state index in [1.165, 1.54) is 6.33 Å². The molecule has 12 heavy (non-hydrogen) atoms. The summed E-state index contributed by atoms with van der Waals surface area (Å²) >= 11 is 0. The van der Waals surface area contributed by atoms with E-state index in [0.717, 1.165) is 17.3 Å². The van der Waals surface area contributed by atoms with Crippen molar-refractivity contribution in [2.75, 3.05) is 12.3 Å². The summed E-state index contributed by atoms with van der Waals surface area (Å²) in [5.74, 6) is 0.926. The fraction of sp³-hybridized carbons (Fsp3) is 0.375. The maximum atomic E-state index is 5.62. The lowest BCUT2D eigenvalue weighted by molar-refractivity contribution is 0.738. The van der Waals surface area contributed by atoms with Gasteiger partial charge < -0.3 is 5.73 Å². The Morgan fingerprint density at radius 3 is 3.17 bits per heavy atom. The highest BCUT2D eigenvalue weighted by molar-refractivity contribution is 5.32. The normalized spacial score (nSPS) is 20.6. The van der Waals surface area contributed by atoms with Gasteiger partial charge in [0.25, 0.3) is 0 Å². The van der Waals surface area contributed by atoms with Crippen LogP contribution < -0.4 is 16.4 Å². The lowest BCUT2D eigenvalue weighted by Gasteiger charge is -2.06. The molecule has 0 radical (unpaired) electrons. The van der Waals surface area contributed by atoms with Crippen molar-refractivity contribution in [3.63, 3.8) is 0 Å². The predicted molar refractivity (Wildman–Crippen MR) is 45.7 cm³/mol. The van der Waals surface area contributed by atoms with Crippen LogP contribution in [0.1, 0.15) is 6.92 Å². The van der Waals surface area contributed by atoms with Gasteiger partial charge in [0.2, 0.25) is 0 Å². The monoisotopic (exact) mass is 162 g/mol. The molecule has 1 atom stereocenters. The Labute approximate surface area is 69.9 Å². The molecule has 1 aliphatic heterocycles. The van der Waals surface area contributed by atoms with Crippen LogP contribution >= 0.6 is 0 Å². The lowest BCUT2D eigenvalue weighted by Crippen LogP contribution is -2.36. The zero-order valence-electron chi connectivity index (χ0n) is 6.86. The van der Waals surface area contributed by atoms with E-state index in [-0.39, 0.29) is 0 Å². The van der Waals surface area contributed by atoms with Gasteiger partial charge >= 0.3 is 0 Å². The molecule has 1 aliphatic rings. The van der Waals surface area contributed by atoms with Crippen LogP contribution in [-0.4, -0.2) is 16.5 Å². The molecular formula is C8H10N4. The van der Waals surface area contributed by atoms with Crippen LogP contribution in [0.5, 0.6) is 0 Å². The Hall–Kier alpha value is -1.45. The standard InChI is InChI=1S/C8H10N4/c1-5-2-6-7(10-3-5)8(9)12-4-11-6/h2,4-5H,3H2,1H3,(H2,9,11,12). The Balaban J connectivity index is 2.78. The summed E-state index contributed by atoms with van der Waals surface area (Å²) in [5, 5.41) is 1.61. The van der Waals surface area contributed by atoms with Gasteiger partial charge in [0, 0.05) is 6.54 Å². The second-order valence-electron chi connectivity index (χ2n) is 2.98. The largest absolute Gasteiger partial charge is 0.382 e. The van der Waals surface area contributed by atoms with Crippen molar-refractivity contribution in [2.45, 2.75) is 6.92 Å². The first-order valence-corrected chi connectivity index (χ1v) is 3.90. The second-order valence-corrected chi connectivity index (χ2v) is 2.98. The van der Waals surface area contributed by atoms with Crippen molar-refractivity contribution in [3.8, 4) is 0 Å². The maximum Gasteiger partial charge on any atom is 0.152 e. The topological polar surface area (TPSA) is 64.2 Å². The van der Waals surface area contributed by atoms with E-state index in [1.807, 2.05) is 0 Å². The molecular weight excluding hydrogens is 152 g/mol. The van der Waals surface area contributed by atoms with Crippen molar-refractivity contribution in [1.29, 1.82) is 0 Å². The number of aromatic nitrogens is 2. The average Bonchev–Trinajstić information content (AvgIpc) is 2.04. The molecule has 0 aliphatic carbocycles. The first-order valence-electron chi connectivity index (χ1n) is 3.90. The lowest BCUT2D eigenvalue weighted by atomic mass is 10.1. The molecule has 0 saturated heterocycles. The minimum absolute atomic E-state index is 0.451. The first kappa shape index (κ1) is 7.21. The molecule has 0 amide bonds. The molecule has 62 valence electrons. The molecule has 4 heteroatoms. The van der Waals surface area contributed by atoms with Crippen LogP contribution in [0.2, 0.25) is 0 Å². The molecule has 0 fully saturated rings. The number of nitrogens with zero attached hydrogens (tertiary/aromatic N) is 3. The molecule has 0 aromatic carbocycles. The van der Waals surface area contributed by atoms with Crippen molar-refractivity contribution >= 4 is 11.9 Å². The minimum atomic E-state index is 0.451. The molecule has 1 aromatic rings. The third-order valence-corrected chi connectivity index (χ3v) is 1.86. The van der Waals surface area contributed by atoms with Gasteiger partial charge in [-0.1, -0.05) is 13.0 Å². The predicted octanol–water partition coefficient (Wildman–Crippen LogP) is -0.891. The molecule has 0 saturated carbocycles. The van der Waals surface area contributed by atoms with Gasteiger partial charge in [-0.3, -0.25) is 4.99 Å². The molecule has 0 spiro atoms. The summed E-state index contributed by atoms with van der Waals surface area (Å²) in [5.41, 5.74) is 5.62. The van der Waals surface area contributed by atoms with Crippen LogP contribution in [0.4, 0.5) is 5.82 Å². The summed E-state index contributed by atoms with van der Waals surface area (Å²) < 4.78 is 0. The Morgan fingerprint density at radius 1 is 1.50 bits per heavy atom. The van der Waals surface area contributed by atoms with Crippen LogP contribution in [0.25, 0.3) is 6.08 Å². The highest BCUT2D eigenvalue weighted by atomic mass is 14.9. The number of hydrogen-bond acceptors (Lipinski definition) is 4. The molecule has 1 unspecified atom stereocenters. The van der Waals surface area contributed by atoms with E-state index < -0.39 is 0 Å². The van der Waals surface area contributed by atoms with E-state index >= 15 is 0 Å². The fourth-order valence-corrected chi connectivity index (χ4v) is 1.25. The van der Waals surface area contributed by atoms with E-state index in [4.69, 9.17) is 5.73 Å². The summed E-state index contributed by atoms with van der Waals surface area (Å²) in [7, 11) is 0. The number of anilines is 1. The third-order valence-electron chi connectivity index (χ3n) is 1.86. The smallest absolute Gasteiger partial charge is 0.152 e. The average molecular weight is 162 g/mol. The summed E-state index contributed by atoms with van der Waals surface area (Å²) in [6.07, 6.45) is 3.54. The van der Waals surface area contributed by atoms with E-state index in [2.05, 4.69) is 28.0 Å². The van der Waals surface area contributed by atoms with Crippen molar-refractivity contribution in [3.05, 3.63) is 17.0 Å². The van der Waals surface area contributed by atoms with Crippen LogP contribution in [0.3, 0.4) is 0 Å². The summed E-state index contributed by atoms with van der Waals surface area (Å²) in [6.45, 7) is 2.88. The first-order chi connectivity index (χ1) is 5.77. The van der Waals surface area contributed by atoms with Crippen molar-refractivity contribution in [2.24, 2.45) is 10.9 Å². The zero-order chi connectivity index (χ0) is 8.55. The number of nitrogen functional groups attached to an aromatic ring is 1.